The van der Waals surface area contributed by atoms with Gasteiger partial charge < -0.3 is 9.11 Å². The van der Waals surface area contributed by atoms with Gasteiger partial charge in [-0.1, -0.05) is 64.1 Å². The Morgan fingerprint density at radius 2 is 0.892 bits per heavy atom. The van der Waals surface area contributed by atoms with Crippen molar-refractivity contribution in [1.29, 1.82) is 0 Å². The molecule has 0 spiro atoms. The first-order valence-electron chi connectivity index (χ1n) is 11.9. The molecule has 0 fully saturated rings. The van der Waals surface area contributed by atoms with E-state index in [0.29, 0.717) is 12.8 Å². The standard InChI is InChI=1S/2C14H16O3S.Ca/c2*1-3-10-5-6-12-9-13(18(15,16)17)8-11(4-2)14(12)7-10;/h2*5-9H,3-4H2,1-2H3,(H,15,16,17);/q;;+2/p-2. The molecule has 0 aromatic heterocycles. The Hall–Kier alpha value is -1.52. The molecular weight excluding hydrogens is 537 g/mol. The fourth-order valence-corrected chi connectivity index (χ4v) is 5.33. The quantitative estimate of drug-likeness (QED) is 0.229. The maximum Gasteiger partial charge on any atom is 2.00 e. The van der Waals surface area contributed by atoms with E-state index in [1.54, 1.807) is 0 Å². The first-order chi connectivity index (χ1) is 16.9. The van der Waals surface area contributed by atoms with E-state index in [1.165, 1.54) is 35.4 Å². The van der Waals surface area contributed by atoms with Gasteiger partial charge in [0, 0.05) is 0 Å². The number of hydrogen-bond acceptors (Lipinski definition) is 6. The van der Waals surface area contributed by atoms with Crippen molar-refractivity contribution in [2.24, 2.45) is 0 Å². The Morgan fingerprint density at radius 3 is 1.16 bits per heavy atom. The fraction of sp³-hybridized carbons (Fsp3) is 0.286. The summed E-state index contributed by atoms with van der Waals surface area (Å²) in [4.78, 5) is -0.285. The van der Waals surface area contributed by atoms with Crippen LogP contribution in [0.2, 0.25) is 0 Å². The van der Waals surface area contributed by atoms with Crippen LogP contribution in [-0.4, -0.2) is 63.7 Å². The molecule has 0 aliphatic heterocycles. The summed E-state index contributed by atoms with van der Waals surface area (Å²) in [6, 6.07) is 17.7. The summed E-state index contributed by atoms with van der Waals surface area (Å²) < 4.78 is 66.7. The average Bonchev–Trinajstić information content (AvgIpc) is 2.85. The van der Waals surface area contributed by atoms with E-state index < -0.39 is 20.2 Å². The summed E-state index contributed by atoms with van der Waals surface area (Å²) in [5.41, 5.74) is 4.21. The SMILES string of the molecule is CCc1ccc2cc(S(=O)(=O)[O-])cc(CC)c2c1.CCc1ccc2cc(S(=O)(=O)[O-])cc(CC)c2c1.[Ca+2]. The van der Waals surface area contributed by atoms with Crippen LogP contribution in [-0.2, 0) is 45.9 Å². The molecule has 9 heteroatoms. The molecule has 4 aromatic rings. The molecule has 0 bridgehead atoms. The van der Waals surface area contributed by atoms with Crippen molar-refractivity contribution in [3.8, 4) is 0 Å². The molecule has 4 rings (SSSR count). The first kappa shape index (κ1) is 31.7. The molecule has 0 saturated carbocycles. The van der Waals surface area contributed by atoms with Crippen LogP contribution in [0.15, 0.2) is 70.5 Å². The van der Waals surface area contributed by atoms with Crippen LogP contribution in [0, 0.1) is 0 Å². The molecule has 6 nitrogen and oxygen atoms in total. The monoisotopic (exact) mass is 566 g/mol. The van der Waals surface area contributed by atoms with Crippen molar-refractivity contribution in [2.45, 2.75) is 63.2 Å². The van der Waals surface area contributed by atoms with Crippen LogP contribution in [0.25, 0.3) is 21.5 Å². The second-order valence-corrected chi connectivity index (χ2v) is 11.4. The molecule has 0 heterocycles. The Morgan fingerprint density at radius 1 is 0.541 bits per heavy atom. The number of fused-ring (bicyclic) bond motifs is 2. The molecule has 37 heavy (non-hydrogen) atoms. The Balaban J connectivity index is 0.000000253. The molecule has 0 unspecified atom stereocenters. The van der Waals surface area contributed by atoms with Crippen LogP contribution >= 0.6 is 0 Å². The fourth-order valence-electron chi connectivity index (χ4n) is 4.22. The van der Waals surface area contributed by atoms with Gasteiger partial charge in [0.15, 0.2) is 0 Å². The molecule has 0 saturated heterocycles. The normalized spacial score (nSPS) is 11.6. The van der Waals surface area contributed by atoms with Gasteiger partial charge in [-0.3, -0.25) is 0 Å². The summed E-state index contributed by atoms with van der Waals surface area (Å²) in [5.74, 6) is 0. The van der Waals surface area contributed by atoms with Crippen molar-refractivity contribution in [1.82, 2.24) is 0 Å². The van der Waals surface area contributed by atoms with Gasteiger partial charge in [0.25, 0.3) is 0 Å². The van der Waals surface area contributed by atoms with E-state index in [-0.39, 0.29) is 47.5 Å². The second-order valence-electron chi connectivity index (χ2n) is 8.60. The third kappa shape index (κ3) is 7.76. The average molecular weight is 567 g/mol. The number of hydrogen-bond donors (Lipinski definition) is 0. The summed E-state index contributed by atoms with van der Waals surface area (Å²) >= 11 is 0. The maximum atomic E-state index is 11.1. The molecule has 4 aromatic carbocycles. The maximum absolute atomic E-state index is 11.1. The minimum absolute atomic E-state index is 0. The molecular formula is C28H30CaO6S2. The van der Waals surface area contributed by atoms with Crippen molar-refractivity contribution < 1.29 is 25.9 Å². The Bertz CT molecular complexity index is 1500. The van der Waals surface area contributed by atoms with Crippen LogP contribution in [0.3, 0.4) is 0 Å². The van der Waals surface area contributed by atoms with Gasteiger partial charge in [0.2, 0.25) is 0 Å². The molecule has 0 atom stereocenters. The van der Waals surface area contributed by atoms with E-state index in [4.69, 9.17) is 0 Å². The molecule has 0 aliphatic carbocycles. The molecule has 0 amide bonds. The summed E-state index contributed by atoms with van der Waals surface area (Å²) in [6.45, 7) is 8.05. The van der Waals surface area contributed by atoms with Gasteiger partial charge in [-0.15, -0.1) is 0 Å². The topological polar surface area (TPSA) is 114 Å². The Kier molecular flexibility index (Phi) is 11.2. The van der Waals surface area contributed by atoms with Gasteiger partial charge in [-0.2, -0.15) is 0 Å². The van der Waals surface area contributed by atoms with Gasteiger partial charge in [0.1, 0.15) is 20.2 Å². The van der Waals surface area contributed by atoms with Crippen molar-refractivity contribution >= 4 is 79.5 Å². The third-order valence-electron chi connectivity index (χ3n) is 6.31. The van der Waals surface area contributed by atoms with E-state index in [9.17, 15) is 25.9 Å². The smallest absolute Gasteiger partial charge is 0.744 e. The minimum Gasteiger partial charge on any atom is -0.744 e. The van der Waals surface area contributed by atoms with Crippen LogP contribution in [0.4, 0.5) is 0 Å². The van der Waals surface area contributed by atoms with Gasteiger partial charge >= 0.3 is 37.7 Å². The van der Waals surface area contributed by atoms with E-state index in [0.717, 1.165) is 45.5 Å². The van der Waals surface area contributed by atoms with Gasteiger partial charge in [0.05, 0.1) is 9.79 Å². The molecule has 0 aliphatic rings. The zero-order chi connectivity index (χ0) is 26.7. The number of benzene rings is 4. The van der Waals surface area contributed by atoms with Crippen LogP contribution < -0.4 is 0 Å². The zero-order valence-electron chi connectivity index (χ0n) is 21.6. The summed E-state index contributed by atoms with van der Waals surface area (Å²) in [5, 5.41) is 3.68. The number of aryl methyl sites for hydroxylation is 4. The summed E-state index contributed by atoms with van der Waals surface area (Å²) in [7, 11) is -8.79. The minimum atomic E-state index is -4.39. The van der Waals surface area contributed by atoms with E-state index in [1.807, 2.05) is 38.1 Å². The van der Waals surface area contributed by atoms with E-state index >= 15 is 0 Å². The molecule has 0 radical (unpaired) electrons. The van der Waals surface area contributed by atoms with Crippen LogP contribution in [0.1, 0.15) is 49.9 Å². The first-order valence-corrected chi connectivity index (χ1v) is 14.8. The van der Waals surface area contributed by atoms with Gasteiger partial charge in [-0.25, -0.2) is 16.8 Å². The molecule has 0 N–H and O–H groups in total. The van der Waals surface area contributed by atoms with Gasteiger partial charge in [-0.05, 0) is 93.7 Å². The Labute approximate surface area is 249 Å². The van der Waals surface area contributed by atoms with Crippen LogP contribution in [0.5, 0.6) is 0 Å². The van der Waals surface area contributed by atoms with Crippen molar-refractivity contribution in [3.05, 3.63) is 82.9 Å². The number of rotatable bonds is 6. The zero-order valence-corrected chi connectivity index (χ0v) is 25.4. The van der Waals surface area contributed by atoms with Crippen molar-refractivity contribution in [2.75, 3.05) is 0 Å². The molecule has 192 valence electrons. The van der Waals surface area contributed by atoms with Crippen molar-refractivity contribution in [3.63, 3.8) is 0 Å². The predicted molar refractivity (Wildman–Crippen MR) is 147 cm³/mol. The largest absolute Gasteiger partial charge is 2.00 e. The van der Waals surface area contributed by atoms with E-state index in [2.05, 4.69) is 26.0 Å². The second kappa shape index (κ2) is 13.0. The predicted octanol–water partition coefficient (Wildman–Crippen LogP) is 5.36. The summed E-state index contributed by atoms with van der Waals surface area (Å²) in [6.07, 6.45) is 3.27. The third-order valence-corrected chi connectivity index (χ3v) is 7.94.